The van der Waals surface area contributed by atoms with Crippen LogP contribution in [0.2, 0.25) is 5.02 Å². The van der Waals surface area contributed by atoms with Crippen LogP contribution in [0.1, 0.15) is 16.8 Å². The Morgan fingerprint density at radius 3 is 2.95 bits per heavy atom. The van der Waals surface area contributed by atoms with E-state index in [2.05, 4.69) is 10.6 Å². The lowest BCUT2D eigenvalue weighted by Crippen LogP contribution is -2.43. The summed E-state index contributed by atoms with van der Waals surface area (Å²) < 4.78 is 0. The lowest BCUT2D eigenvalue weighted by molar-refractivity contribution is -0.134. The van der Waals surface area contributed by atoms with Gasteiger partial charge in [-0.25, -0.2) is 0 Å². The second kappa shape index (κ2) is 7.08. The standard InChI is InChI=1S/C14H16ClN3O3/c15-11-4-1-3-10(7-11)14(21)17-8-13(20)18-6-2-5-16-12(19)9-18/h1,3-4,7H,2,5-6,8-9H2,(H,16,19)(H,17,21). The predicted octanol–water partition coefficient (Wildman–Crippen LogP) is 0.418. The molecule has 1 aromatic carbocycles. The van der Waals surface area contributed by atoms with Gasteiger partial charge < -0.3 is 15.5 Å². The summed E-state index contributed by atoms with van der Waals surface area (Å²) in [5, 5.41) is 5.69. The van der Waals surface area contributed by atoms with Gasteiger partial charge in [-0.15, -0.1) is 0 Å². The molecular formula is C14H16ClN3O3. The van der Waals surface area contributed by atoms with E-state index in [0.717, 1.165) is 0 Å². The maximum Gasteiger partial charge on any atom is 0.251 e. The molecule has 0 aromatic heterocycles. The van der Waals surface area contributed by atoms with Gasteiger partial charge in [-0.1, -0.05) is 17.7 Å². The third-order valence-corrected chi connectivity index (χ3v) is 3.34. The summed E-state index contributed by atoms with van der Waals surface area (Å²) in [5.74, 6) is -0.824. The number of rotatable bonds is 3. The molecule has 7 heteroatoms. The van der Waals surface area contributed by atoms with Gasteiger partial charge in [-0.05, 0) is 24.6 Å². The van der Waals surface area contributed by atoms with E-state index in [4.69, 9.17) is 11.6 Å². The molecule has 1 saturated heterocycles. The second-order valence-corrected chi connectivity index (χ2v) is 5.15. The molecule has 0 bridgehead atoms. The molecule has 1 fully saturated rings. The minimum atomic E-state index is -0.370. The van der Waals surface area contributed by atoms with Crippen LogP contribution in [0.25, 0.3) is 0 Å². The van der Waals surface area contributed by atoms with E-state index in [-0.39, 0.29) is 30.8 Å². The van der Waals surface area contributed by atoms with Crippen LogP contribution in [0.15, 0.2) is 24.3 Å². The SMILES string of the molecule is O=C1CN(C(=O)CNC(=O)c2cccc(Cl)c2)CCCN1. The van der Waals surface area contributed by atoms with Crippen molar-refractivity contribution in [1.82, 2.24) is 15.5 Å². The van der Waals surface area contributed by atoms with E-state index in [1.807, 2.05) is 0 Å². The zero-order valence-corrected chi connectivity index (χ0v) is 12.2. The van der Waals surface area contributed by atoms with Crippen molar-refractivity contribution in [2.45, 2.75) is 6.42 Å². The largest absolute Gasteiger partial charge is 0.354 e. The topological polar surface area (TPSA) is 78.5 Å². The molecule has 0 radical (unpaired) electrons. The summed E-state index contributed by atoms with van der Waals surface area (Å²) in [6.45, 7) is 0.965. The Kier molecular flexibility index (Phi) is 5.16. The highest BCUT2D eigenvalue weighted by atomic mass is 35.5. The van der Waals surface area contributed by atoms with Crippen LogP contribution < -0.4 is 10.6 Å². The van der Waals surface area contributed by atoms with E-state index in [1.54, 1.807) is 18.2 Å². The fourth-order valence-electron chi connectivity index (χ4n) is 2.02. The Bertz CT molecular complexity index is 562. The molecule has 0 aliphatic carbocycles. The number of hydrogen-bond donors (Lipinski definition) is 2. The molecule has 0 unspecified atom stereocenters. The zero-order chi connectivity index (χ0) is 15.2. The van der Waals surface area contributed by atoms with Crippen LogP contribution in [-0.2, 0) is 9.59 Å². The molecule has 0 atom stereocenters. The Hall–Kier alpha value is -2.08. The Morgan fingerprint density at radius 2 is 2.19 bits per heavy atom. The van der Waals surface area contributed by atoms with Crippen LogP contribution in [0.3, 0.4) is 0 Å². The third-order valence-electron chi connectivity index (χ3n) is 3.10. The van der Waals surface area contributed by atoms with Crippen LogP contribution in [-0.4, -0.2) is 48.8 Å². The summed E-state index contributed by atoms with van der Waals surface area (Å²) in [7, 11) is 0. The van der Waals surface area contributed by atoms with E-state index in [9.17, 15) is 14.4 Å². The van der Waals surface area contributed by atoms with Crippen molar-refractivity contribution in [3.63, 3.8) is 0 Å². The maximum absolute atomic E-state index is 12.0. The van der Waals surface area contributed by atoms with Crippen LogP contribution in [0, 0.1) is 0 Å². The Balaban J connectivity index is 1.88. The van der Waals surface area contributed by atoms with E-state index in [1.165, 1.54) is 11.0 Å². The lowest BCUT2D eigenvalue weighted by Gasteiger charge is -2.19. The molecule has 3 amide bonds. The lowest BCUT2D eigenvalue weighted by atomic mass is 10.2. The third kappa shape index (κ3) is 4.46. The monoisotopic (exact) mass is 309 g/mol. The van der Waals surface area contributed by atoms with Gasteiger partial charge in [-0.2, -0.15) is 0 Å². The van der Waals surface area contributed by atoms with Crippen molar-refractivity contribution < 1.29 is 14.4 Å². The fraction of sp³-hybridized carbons (Fsp3) is 0.357. The van der Waals surface area contributed by atoms with Crippen molar-refractivity contribution in [3.8, 4) is 0 Å². The van der Waals surface area contributed by atoms with Gasteiger partial charge in [0.1, 0.15) is 0 Å². The molecule has 1 aliphatic rings. The molecule has 6 nitrogen and oxygen atoms in total. The number of nitrogens with one attached hydrogen (secondary N) is 2. The van der Waals surface area contributed by atoms with Gasteiger partial charge in [0.15, 0.2) is 0 Å². The Labute approximate surface area is 127 Å². The maximum atomic E-state index is 12.0. The Morgan fingerprint density at radius 1 is 1.38 bits per heavy atom. The van der Waals surface area contributed by atoms with Gasteiger partial charge in [-0.3, -0.25) is 14.4 Å². The minimum Gasteiger partial charge on any atom is -0.354 e. The number of carbonyl (C=O) groups is 3. The number of benzene rings is 1. The summed E-state index contributed by atoms with van der Waals surface area (Å²) in [6.07, 6.45) is 0.708. The van der Waals surface area contributed by atoms with Crippen molar-refractivity contribution in [2.75, 3.05) is 26.2 Å². The first-order chi connectivity index (χ1) is 10.1. The van der Waals surface area contributed by atoms with Gasteiger partial charge in [0.2, 0.25) is 11.8 Å². The molecule has 2 N–H and O–H groups in total. The first kappa shape index (κ1) is 15.3. The number of halogens is 1. The summed E-state index contributed by atoms with van der Waals surface area (Å²) in [6, 6.07) is 6.48. The average molecular weight is 310 g/mol. The normalized spacial score (nSPS) is 15.1. The fourth-order valence-corrected chi connectivity index (χ4v) is 2.21. The zero-order valence-electron chi connectivity index (χ0n) is 11.4. The summed E-state index contributed by atoms with van der Waals surface area (Å²) in [5.41, 5.74) is 0.393. The van der Waals surface area contributed by atoms with Crippen LogP contribution in [0.4, 0.5) is 0 Å². The molecule has 0 saturated carbocycles. The molecule has 21 heavy (non-hydrogen) atoms. The first-order valence-electron chi connectivity index (χ1n) is 6.64. The highest BCUT2D eigenvalue weighted by Crippen LogP contribution is 2.10. The summed E-state index contributed by atoms with van der Waals surface area (Å²) >= 11 is 5.81. The number of nitrogens with zero attached hydrogens (tertiary/aromatic N) is 1. The quantitative estimate of drug-likeness (QED) is 0.849. The average Bonchev–Trinajstić information content (AvgIpc) is 2.69. The smallest absolute Gasteiger partial charge is 0.251 e. The van der Waals surface area contributed by atoms with E-state index >= 15 is 0 Å². The number of carbonyl (C=O) groups excluding carboxylic acids is 3. The van der Waals surface area contributed by atoms with Gasteiger partial charge in [0, 0.05) is 23.7 Å². The molecule has 1 heterocycles. The van der Waals surface area contributed by atoms with Gasteiger partial charge in [0.05, 0.1) is 13.1 Å². The van der Waals surface area contributed by atoms with Crippen LogP contribution in [0.5, 0.6) is 0 Å². The van der Waals surface area contributed by atoms with Gasteiger partial charge in [0.25, 0.3) is 5.91 Å². The second-order valence-electron chi connectivity index (χ2n) is 4.71. The van der Waals surface area contributed by atoms with E-state index in [0.29, 0.717) is 30.1 Å². The molecule has 1 aromatic rings. The van der Waals surface area contributed by atoms with Crippen LogP contribution >= 0.6 is 11.6 Å². The molecule has 2 rings (SSSR count). The first-order valence-corrected chi connectivity index (χ1v) is 7.02. The predicted molar refractivity (Wildman–Crippen MR) is 78.0 cm³/mol. The van der Waals surface area contributed by atoms with Gasteiger partial charge >= 0.3 is 0 Å². The molecule has 112 valence electrons. The van der Waals surface area contributed by atoms with E-state index < -0.39 is 0 Å². The number of amides is 3. The highest BCUT2D eigenvalue weighted by Gasteiger charge is 2.20. The van der Waals surface area contributed by atoms with Crippen molar-refractivity contribution in [2.24, 2.45) is 0 Å². The number of hydrogen-bond acceptors (Lipinski definition) is 3. The molecular weight excluding hydrogens is 294 g/mol. The van der Waals surface area contributed by atoms with Crippen molar-refractivity contribution in [3.05, 3.63) is 34.9 Å². The molecule has 1 aliphatic heterocycles. The summed E-state index contributed by atoms with van der Waals surface area (Å²) in [4.78, 5) is 36.7. The van der Waals surface area contributed by atoms with Crippen molar-refractivity contribution >= 4 is 29.3 Å². The highest BCUT2D eigenvalue weighted by molar-refractivity contribution is 6.30. The van der Waals surface area contributed by atoms with Crippen molar-refractivity contribution in [1.29, 1.82) is 0 Å². The molecule has 0 spiro atoms. The minimum absolute atomic E-state index is 0.0336.